The molecule has 3 aromatic rings. The summed E-state index contributed by atoms with van der Waals surface area (Å²) in [4.78, 5) is 36.5. The van der Waals surface area contributed by atoms with E-state index in [1.807, 2.05) is 43.3 Å². The molecule has 2 atom stereocenters. The highest BCUT2D eigenvalue weighted by Gasteiger charge is 2.23. The highest BCUT2D eigenvalue weighted by molar-refractivity contribution is 8.15. The lowest BCUT2D eigenvalue weighted by Crippen LogP contribution is -2.23. The molecule has 0 bridgehead atoms. The minimum atomic E-state index is -0.380. The fraction of sp³-hybridized carbons (Fsp3) is 0.148. The van der Waals surface area contributed by atoms with Crippen LogP contribution in [0.25, 0.3) is 0 Å². The molecule has 2 unspecified atom stereocenters. The molecule has 0 saturated heterocycles. The fourth-order valence-corrected chi connectivity index (χ4v) is 6.03. The number of nitrogens with zero attached hydrogens (tertiary/aromatic N) is 2. The number of hydrogen-bond donors (Lipinski definition) is 3. The normalized spacial score (nSPS) is 18.7. The molecule has 1 aliphatic carbocycles. The minimum Gasteiger partial charge on any atom is -0.508 e. The molecule has 8 heteroatoms. The number of rotatable bonds is 4. The van der Waals surface area contributed by atoms with E-state index in [1.165, 1.54) is 0 Å². The van der Waals surface area contributed by atoms with Crippen LogP contribution in [0.15, 0.2) is 88.6 Å². The first-order valence-corrected chi connectivity index (χ1v) is 12.6. The Hall–Kier alpha value is -4.04. The number of carbonyl (C=O) groups is 2. The molecule has 1 aliphatic heterocycles. The summed E-state index contributed by atoms with van der Waals surface area (Å²) in [6, 6.07) is 13.0. The molecule has 176 valence electrons. The van der Waals surface area contributed by atoms with E-state index in [-0.39, 0.29) is 40.5 Å². The topological polar surface area (TPSA) is 104 Å². The third-order valence-electron chi connectivity index (χ3n) is 5.92. The molecule has 1 aromatic heterocycles. The Kier molecular flexibility index (Phi) is 6.29. The van der Waals surface area contributed by atoms with Gasteiger partial charge < -0.3 is 15.7 Å². The minimum absolute atomic E-state index is 0.0281. The van der Waals surface area contributed by atoms with Gasteiger partial charge in [-0.05, 0) is 55.8 Å². The molecule has 3 N–H and O–H groups in total. The number of nitrogens with one attached hydrogen (secondary N) is 2. The van der Waals surface area contributed by atoms with E-state index in [2.05, 4.69) is 26.0 Å². The summed E-state index contributed by atoms with van der Waals surface area (Å²) in [7, 11) is -0.380. The number of aliphatic hydroxyl groups is 1. The van der Waals surface area contributed by atoms with Gasteiger partial charge in [-0.1, -0.05) is 23.6 Å². The summed E-state index contributed by atoms with van der Waals surface area (Å²) in [6.45, 7) is 2.26. The van der Waals surface area contributed by atoms with Crippen molar-refractivity contribution in [3.8, 4) is 0 Å². The maximum Gasteiger partial charge on any atom is 0.256 e. The van der Waals surface area contributed by atoms with Gasteiger partial charge in [0.1, 0.15) is 11.6 Å². The average Bonchev–Trinajstić information content (AvgIpc) is 3.01. The average molecular weight is 485 g/mol. The second-order valence-corrected chi connectivity index (χ2v) is 10.2. The first kappa shape index (κ1) is 22.7. The van der Waals surface area contributed by atoms with Crippen LogP contribution in [0.5, 0.6) is 0 Å². The van der Waals surface area contributed by atoms with E-state index in [0.717, 1.165) is 15.4 Å². The number of aliphatic hydroxyl groups excluding tert-OH is 1. The van der Waals surface area contributed by atoms with Crippen LogP contribution in [0.4, 0.5) is 5.69 Å². The van der Waals surface area contributed by atoms with Crippen LogP contribution in [0.2, 0.25) is 0 Å². The molecule has 0 fully saturated rings. The number of aromatic nitrogens is 2. The zero-order valence-electron chi connectivity index (χ0n) is 19.1. The molecule has 0 spiro atoms. The van der Waals surface area contributed by atoms with Crippen molar-refractivity contribution >= 4 is 33.4 Å². The van der Waals surface area contributed by atoms with Crippen molar-refractivity contribution in [1.29, 1.82) is 0 Å². The van der Waals surface area contributed by atoms with Gasteiger partial charge in [0, 0.05) is 45.8 Å². The molecular formula is C27H24N4O3S. The van der Waals surface area contributed by atoms with E-state index in [1.54, 1.807) is 36.7 Å². The second kappa shape index (κ2) is 9.68. The molecule has 2 amide bonds. The molecule has 7 nitrogen and oxygen atoms in total. The number of fused-ring (bicyclic) bond motifs is 2. The van der Waals surface area contributed by atoms with Gasteiger partial charge in [-0.3, -0.25) is 9.59 Å². The first-order valence-electron chi connectivity index (χ1n) is 11.3. The molecule has 35 heavy (non-hydrogen) atoms. The van der Waals surface area contributed by atoms with Gasteiger partial charge in [0.05, 0.1) is 11.3 Å². The molecule has 0 radical (unpaired) electrons. The van der Waals surface area contributed by atoms with Crippen LogP contribution in [0.3, 0.4) is 0 Å². The summed E-state index contributed by atoms with van der Waals surface area (Å²) in [5.41, 5.74) is 2.54. The fourth-order valence-electron chi connectivity index (χ4n) is 4.10. The summed E-state index contributed by atoms with van der Waals surface area (Å²) in [5.74, 6) is 0.536. The zero-order chi connectivity index (χ0) is 24.4. The molecule has 2 aromatic carbocycles. The van der Waals surface area contributed by atoms with Crippen LogP contribution in [-0.4, -0.2) is 32.3 Å². The summed E-state index contributed by atoms with van der Waals surface area (Å²) in [5, 5.41) is 17.4. The van der Waals surface area contributed by atoms with E-state index in [4.69, 9.17) is 0 Å². The van der Waals surface area contributed by atoms with Crippen molar-refractivity contribution in [1.82, 2.24) is 15.3 Å². The smallest absolute Gasteiger partial charge is 0.256 e. The van der Waals surface area contributed by atoms with Gasteiger partial charge in [-0.2, -0.15) is 0 Å². The van der Waals surface area contributed by atoms with E-state index >= 15 is 0 Å². The molecular weight excluding hydrogens is 460 g/mol. The molecule has 2 aliphatic rings. The van der Waals surface area contributed by atoms with Crippen LogP contribution in [0, 0.1) is 0 Å². The maximum atomic E-state index is 12.9. The lowest BCUT2D eigenvalue weighted by atomic mass is 9.99. The van der Waals surface area contributed by atoms with Crippen LogP contribution in [-0.2, 0) is 6.54 Å². The van der Waals surface area contributed by atoms with Gasteiger partial charge in [0.25, 0.3) is 11.8 Å². The van der Waals surface area contributed by atoms with Gasteiger partial charge in [-0.25, -0.2) is 9.97 Å². The number of amides is 2. The van der Waals surface area contributed by atoms with Gasteiger partial charge in [0.15, 0.2) is 0 Å². The predicted octanol–water partition coefficient (Wildman–Crippen LogP) is 4.97. The van der Waals surface area contributed by atoms with Crippen molar-refractivity contribution in [3.05, 3.63) is 101 Å². The van der Waals surface area contributed by atoms with Crippen molar-refractivity contribution in [3.63, 3.8) is 0 Å². The van der Waals surface area contributed by atoms with Gasteiger partial charge in [-0.15, -0.1) is 10.5 Å². The Balaban J connectivity index is 1.30. The number of hydrogen-bond acceptors (Lipinski definition) is 5. The van der Waals surface area contributed by atoms with Crippen LogP contribution >= 0.6 is 10.5 Å². The third kappa shape index (κ3) is 4.65. The van der Waals surface area contributed by atoms with Crippen molar-refractivity contribution < 1.29 is 14.7 Å². The number of carbonyl (C=O) groups excluding carboxylic acids is 2. The standard InChI is InChI=1S/C27H24N4O3S/c1-2-35-23-6-4-3-5-21(23)27(34)31-22-13-19(9-12-24(22)35)26(33)30-16-17-14-28-25(29-15-17)18-7-10-20(32)11-8-18/h2-7,9-15,18,32H,8,16H2,1H3,(H,30,33)(H,31,34). The monoisotopic (exact) mass is 484 g/mol. The Bertz CT molecular complexity index is 1410. The first-order chi connectivity index (χ1) is 17.0. The van der Waals surface area contributed by atoms with Crippen molar-refractivity contribution in [2.24, 2.45) is 0 Å². The van der Waals surface area contributed by atoms with E-state index < -0.39 is 0 Å². The lowest BCUT2D eigenvalue weighted by Gasteiger charge is -2.14. The Morgan fingerprint density at radius 2 is 2.00 bits per heavy atom. The molecule has 0 saturated carbocycles. The number of benzene rings is 2. The van der Waals surface area contributed by atoms with Crippen LogP contribution < -0.4 is 10.6 Å². The van der Waals surface area contributed by atoms with Gasteiger partial charge in [0.2, 0.25) is 0 Å². The third-order valence-corrected chi connectivity index (χ3v) is 8.05. The van der Waals surface area contributed by atoms with E-state index in [9.17, 15) is 14.7 Å². The summed E-state index contributed by atoms with van der Waals surface area (Å²) >= 11 is 0. The summed E-state index contributed by atoms with van der Waals surface area (Å²) in [6.07, 6.45) is 9.32. The highest BCUT2D eigenvalue weighted by Crippen LogP contribution is 2.44. The zero-order valence-corrected chi connectivity index (χ0v) is 19.9. The predicted molar refractivity (Wildman–Crippen MR) is 137 cm³/mol. The Labute approximate surface area is 205 Å². The summed E-state index contributed by atoms with van der Waals surface area (Å²) < 4.78 is 0. The largest absolute Gasteiger partial charge is 0.508 e. The molecule has 5 rings (SSSR count). The quantitative estimate of drug-likeness (QED) is 0.454. The SMILES string of the molecule is C/C=S1\c2ccc(C(=O)NCc3cnc(C4C=CC(O)=CC4)nc3)cc2NC(=O)c2ccccc21. The second-order valence-electron chi connectivity index (χ2n) is 8.20. The lowest BCUT2D eigenvalue weighted by molar-refractivity contribution is 0.0949. The van der Waals surface area contributed by atoms with Crippen LogP contribution in [0.1, 0.15) is 51.4 Å². The molecule has 2 heterocycles. The highest BCUT2D eigenvalue weighted by atomic mass is 32.2. The Morgan fingerprint density at radius 3 is 2.74 bits per heavy atom. The van der Waals surface area contributed by atoms with Crippen molar-refractivity contribution in [2.45, 2.75) is 35.6 Å². The maximum absolute atomic E-state index is 12.9. The van der Waals surface area contributed by atoms with E-state index in [0.29, 0.717) is 29.1 Å². The van der Waals surface area contributed by atoms with Gasteiger partial charge >= 0.3 is 0 Å². The van der Waals surface area contributed by atoms with Crippen molar-refractivity contribution in [2.75, 3.05) is 5.32 Å². The number of anilines is 1. The number of allylic oxidation sites excluding steroid dienone is 3. The Morgan fingerprint density at radius 1 is 1.20 bits per heavy atom.